The van der Waals surface area contributed by atoms with Crippen LogP contribution >= 0.6 is 11.3 Å². The zero-order chi connectivity index (χ0) is 18.0. The summed E-state index contributed by atoms with van der Waals surface area (Å²) in [4.78, 5) is 29.8. The van der Waals surface area contributed by atoms with E-state index in [1.165, 1.54) is 30.4 Å². The van der Waals surface area contributed by atoms with E-state index in [1.54, 1.807) is 11.0 Å². The second-order valence-electron chi connectivity index (χ2n) is 6.02. The quantitative estimate of drug-likeness (QED) is 0.909. The Balaban J connectivity index is 1.69. The van der Waals surface area contributed by atoms with Crippen LogP contribution in [0, 0.1) is 17.1 Å². The van der Waals surface area contributed by atoms with Gasteiger partial charge in [-0.2, -0.15) is 5.26 Å². The SMILES string of the molecule is CC(=O)N1CCC(NC(=O)C(C#N)c2nc3cc(F)ccc3s2)CC1. The molecule has 8 heteroatoms. The van der Waals surface area contributed by atoms with Gasteiger partial charge in [-0.05, 0) is 25.0 Å². The number of thiazole rings is 1. The van der Waals surface area contributed by atoms with Gasteiger partial charge in [0.2, 0.25) is 11.8 Å². The number of hydrogen-bond donors (Lipinski definition) is 1. The summed E-state index contributed by atoms with van der Waals surface area (Å²) in [5.41, 5.74) is 0.447. The zero-order valence-electron chi connectivity index (χ0n) is 13.7. The van der Waals surface area contributed by atoms with Gasteiger partial charge in [-0.1, -0.05) is 0 Å². The first-order chi connectivity index (χ1) is 12.0. The standard InChI is InChI=1S/C17H17FN4O2S/c1-10(23)22-6-4-12(5-7-22)20-16(24)13(9-19)17-21-14-8-11(18)2-3-15(14)25-17/h2-3,8,12-13H,4-7H2,1H3,(H,20,24). The minimum atomic E-state index is -1.02. The van der Waals surface area contributed by atoms with Crippen LogP contribution in [0.4, 0.5) is 4.39 Å². The monoisotopic (exact) mass is 360 g/mol. The number of nitriles is 1. The van der Waals surface area contributed by atoms with E-state index in [2.05, 4.69) is 10.3 Å². The van der Waals surface area contributed by atoms with E-state index >= 15 is 0 Å². The van der Waals surface area contributed by atoms with Gasteiger partial charge in [0.05, 0.1) is 16.3 Å². The van der Waals surface area contributed by atoms with Crippen LogP contribution in [-0.4, -0.2) is 40.8 Å². The molecule has 0 aliphatic carbocycles. The molecule has 1 unspecified atom stereocenters. The molecule has 1 fully saturated rings. The fourth-order valence-electron chi connectivity index (χ4n) is 2.89. The molecule has 0 saturated carbocycles. The predicted molar refractivity (Wildman–Crippen MR) is 91.4 cm³/mol. The van der Waals surface area contributed by atoms with E-state index in [-0.39, 0.29) is 11.9 Å². The largest absolute Gasteiger partial charge is 0.352 e. The maximum Gasteiger partial charge on any atom is 0.244 e. The molecule has 1 aliphatic rings. The number of likely N-dealkylation sites (tertiary alicyclic amines) is 1. The van der Waals surface area contributed by atoms with E-state index in [0.29, 0.717) is 36.5 Å². The Morgan fingerprint density at radius 2 is 2.16 bits per heavy atom. The van der Waals surface area contributed by atoms with Crippen LogP contribution in [0.15, 0.2) is 18.2 Å². The van der Waals surface area contributed by atoms with Crippen molar-refractivity contribution in [3.8, 4) is 6.07 Å². The summed E-state index contributed by atoms with van der Waals surface area (Å²) in [5, 5.41) is 12.6. The number of carbonyl (C=O) groups excluding carboxylic acids is 2. The number of benzene rings is 1. The Labute approximate surface area is 148 Å². The van der Waals surface area contributed by atoms with Crippen molar-refractivity contribution in [1.29, 1.82) is 5.26 Å². The molecule has 1 saturated heterocycles. The highest BCUT2D eigenvalue weighted by Crippen LogP contribution is 2.28. The number of rotatable bonds is 3. The Bertz CT molecular complexity index is 852. The molecule has 1 aliphatic heterocycles. The molecule has 1 aromatic carbocycles. The third-order valence-electron chi connectivity index (χ3n) is 4.29. The van der Waals surface area contributed by atoms with Gasteiger partial charge in [0.25, 0.3) is 0 Å². The summed E-state index contributed by atoms with van der Waals surface area (Å²) in [5.74, 6) is -1.80. The minimum Gasteiger partial charge on any atom is -0.352 e. The van der Waals surface area contributed by atoms with Gasteiger partial charge in [0, 0.05) is 32.1 Å². The number of hydrogen-bond acceptors (Lipinski definition) is 5. The Morgan fingerprint density at radius 1 is 1.44 bits per heavy atom. The first-order valence-electron chi connectivity index (χ1n) is 7.99. The lowest BCUT2D eigenvalue weighted by atomic mass is 10.0. The summed E-state index contributed by atoms with van der Waals surface area (Å²) in [6, 6.07) is 6.14. The lowest BCUT2D eigenvalue weighted by Gasteiger charge is -2.31. The molecule has 1 atom stereocenters. The highest BCUT2D eigenvalue weighted by Gasteiger charge is 2.28. The Hall–Kier alpha value is -2.53. The van der Waals surface area contributed by atoms with Crippen molar-refractivity contribution >= 4 is 33.4 Å². The molecule has 2 amide bonds. The Kier molecular flexibility index (Phi) is 4.95. The first kappa shape index (κ1) is 17.3. The third kappa shape index (κ3) is 3.77. The highest BCUT2D eigenvalue weighted by molar-refractivity contribution is 7.18. The van der Waals surface area contributed by atoms with Crippen LogP contribution in [0.25, 0.3) is 10.2 Å². The van der Waals surface area contributed by atoms with Gasteiger partial charge < -0.3 is 10.2 Å². The van der Waals surface area contributed by atoms with Gasteiger partial charge in [-0.3, -0.25) is 9.59 Å². The molecule has 1 N–H and O–H groups in total. The van der Waals surface area contributed by atoms with Gasteiger partial charge in [-0.25, -0.2) is 9.37 Å². The lowest BCUT2D eigenvalue weighted by Crippen LogP contribution is -2.47. The number of amides is 2. The number of nitrogens with one attached hydrogen (secondary N) is 1. The molecular formula is C17H17FN4O2S. The molecule has 6 nitrogen and oxygen atoms in total. The molecule has 2 aromatic rings. The van der Waals surface area contributed by atoms with Gasteiger partial charge in [0.1, 0.15) is 10.8 Å². The normalized spacial score (nSPS) is 16.4. The number of aromatic nitrogens is 1. The summed E-state index contributed by atoms with van der Waals surface area (Å²) in [7, 11) is 0. The van der Waals surface area contributed by atoms with E-state index < -0.39 is 17.6 Å². The summed E-state index contributed by atoms with van der Waals surface area (Å²) in [6.07, 6.45) is 1.32. The van der Waals surface area contributed by atoms with Crippen LogP contribution < -0.4 is 5.32 Å². The molecule has 130 valence electrons. The van der Waals surface area contributed by atoms with E-state index in [0.717, 1.165) is 4.70 Å². The summed E-state index contributed by atoms with van der Waals surface area (Å²) in [6.45, 7) is 2.72. The molecule has 0 spiro atoms. The third-order valence-corrected chi connectivity index (χ3v) is 5.39. The first-order valence-corrected chi connectivity index (χ1v) is 8.81. The molecule has 2 heterocycles. The molecule has 3 rings (SSSR count). The average molecular weight is 360 g/mol. The maximum absolute atomic E-state index is 13.3. The van der Waals surface area contributed by atoms with Gasteiger partial charge in [-0.15, -0.1) is 11.3 Å². The second kappa shape index (κ2) is 7.15. The van der Waals surface area contributed by atoms with Crippen LogP contribution in [0.5, 0.6) is 0 Å². The van der Waals surface area contributed by atoms with E-state index in [1.807, 2.05) is 6.07 Å². The Morgan fingerprint density at radius 3 is 2.80 bits per heavy atom. The smallest absolute Gasteiger partial charge is 0.244 e. The van der Waals surface area contributed by atoms with Crippen molar-refractivity contribution in [2.75, 3.05) is 13.1 Å². The van der Waals surface area contributed by atoms with Crippen LogP contribution in [-0.2, 0) is 9.59 Å². The minimum absolute atomic E-state index is 0.0291. The summed E-state index contributed by atoms with van der Waals surface area (Å²) >= 11 is 1.22. The van der Waals surface area contributed by atoms with Crippen molar-refractivity contribution in [3.63, 3.8) is 0 Å². The highest BCUT2D eigenvalue weighted by atomic mass is 32.1. The second-order valence-corrected chi connectivity index (χ2v) is 7.08. The number of carbonyl (C=O) groups is 2. The molecule has 25 heavy (non-hydrogen) atoms. The molecule has 0 bridgehead atoms. The van der Waals surface area contributed by atoms with Crippen LogP contribution in [0.2, 0.25) is 0 Å². The lowest BCUT2D eigenvalue weighted by molar-refractivity contribution is -0.130. The number of fused-ring (bicyclic) bond motifs is 1. The van der Waals surface area contributed by atoms with Crippen molar-refractivity contribution in [3.05, 3.63) is 29.0 Å². The zero-order valence-corrected chi connectivity index (χ0v) is 14.5. The fourth-order valence-corrected chi connectivity index (χ4v) is 3.88. The van der Waals surface area contributed by atoms with Gasteiger partial charge >= 0.3 is 0 Å². The van der Waals surface area contributed by atoms with Crippen LogP contribution in [0.3, 0.4) is 0 Å². The van der Waals surface area contributed by atoms with Crippen molar-refractivity contribution in [1.82, 2.24) is 15.2 Å². The van der Waals surface area contributed by atoms with E-state index in [9.17, 15) is 19.2 Å². The molecular weight excluding hydrogens is 343 g/mol. The van der Waals surface area contributed by atoms with Crippen molar-refractivity contribution in [2.45, 2.75) is 31.7 Å². The van der Waals surface area contributed by atoms with Gasteiger partial charge in [0.15, 0.2) is 5.92 Å². The number of piperidine rings is 1. The maximum atomic E-state index is 13.3. The van der Waals surface area contributed by atoms with Crippen molar-refractivity contribution in [2.24, 2.45) is 0 Å². The topological polar surface area (TPSA) is 86.1 Å². The number of nitrogens with zero attached hydrogens (tertiary/aromatic N) is 3. The van der Waals surface area contributed by atoms with E-state index in [4.69, 9.17) is 0 Å². The fraction of sp³-hybridized carbons (Fsp3) is 0.412. The molecule has 0 radical (unpaired) electrons. The van der Waals surface area contributed by atoms with Crippen molar-refractivity contribution < 1.29 is 14.0 Å². The summed E-state index contributed by atoms with van der Waals surface area (Å²) < 4.78 is 14.0. The number of halogens is 1. The average Bonchev–Trinajstić information content (AvgIpc) is 2.98. The molecule has 1 aromatic heterocycles. The predicted octanol–water partition coefficient (Wildman–Crippen LogP) is 2.17. The van der Waals surface area contributed by atoms with Crippen LogP contribution in [0.1, 0.15) is 30.7 Å².